The highest BCUT2D eigenvalue weighted by Gasteiger charge is 2.25. The Bertz CT molecular complexity index is 1000. The smallest absolute Gasteiger partial charge is 0.263 e. The van der Waals surface area contributed by atoms with Crippen LogP contribution in [0.1, 0.15) is 35.7 Å². The molecule has 0 N–H and O–H groups in total. The van der Waals surface area contributed by atoms with Crippen LogP contribution in [0.15, 0.2) is 22.6 Å². The molecule has 0 saturated heterocycles. The Balaban J connectivity index is 0.00000300. The van der Waals surface area contributed by atoms with Gasteiger partial charge in [-0.3, -0.25) is 9.69 Å². The minimum absolute atomic E-state index is 0. The molecular formula is C20H24ClF2N3O2S. The molecule has 3 aromatic rings. The number of aryl methyl sites for hydroxylation is 2. The lowest BCUT2D eigenvalue weighted by atomic mass is 10.2. The molecule has 0 unspecified atom stereocenters. The summed E-state index contributed by atoms with van der Waals surface area (Å²) in [5, 5.41) is 0.343. The quantitative estimate of drug-likeness (QED) is 0.504. The predicted octanol–water partition coefficient (Wildman–Crippen LogP) is 5.19. The summed E-state index contributed by atoms with van der Waals surface area (Å²) in [6.45, 7) is 10.3. The van der Waals surface area contributed by atoms with Crippen molar-refractivity contribution >= 4 is 45.0 Å². The molecular weight excluding hydrogens is 420 g/mol. The second-order valence-corrected chi connectivity index (χ2v) is 7.55. The third-order valence-corrected chi connectivity index (χ3v) is 5.71. The molecule has 9 heteroatoms. The Hall–Kier alpha value is -2.03. The number of carbonyl (C=O) groups is 1. The number of aromatic nitrogens is 1. The van der Waals surface area contributed by atoms with Crippen molar-refractivity contribution in [2.75, 3.05) is 31.1 Å². The van der Waals surface area contributed by atoms with Gasteiger partial charge in [-0.25, -0.2) is 13.8 Å². The van der Waals surface area contributed by atoms with E-state index in [1.807, 2.05) is 0 Å². The molecule has 0 saturated carbocycles. The fourth-order valence-electron chi connectivity index (χ4n) is 3.11. The zero-order valence-corrected chi connectivity index (χ0v) is 18.4. The lowest BCUT2D eigenvalue weighted by molar-refractivity contribution is 0.0982. The van der Waals surface area contributed by atoms with Crippen LogP contribution >= 0.6 is 23.7 Å². The molecule has 0 radical (unpaired) electrons. The fraction of sp³-hybridized carbons (Fsp3) is 0.400. The Morgan fingerprint density at radius 1 is 1.14 bits per heavy atom. The Labute approximate surface area is 178 Å². The molecule has 1 aromatic carbocycles. The van der Waals surface area contributed by atoms with Gasteiger partial charge in [0.05, 0.1) is 10.3 Å². The predicted molar refractivity (Wildman–Crippen MR) is 114 cm³/mol. The second-order valence-electron chi connectivity index (χ2n) is 6.54. The van der Waals surface area contributed by atoms with E-state index in [0.717, 1.165) is 30.5 Å². The molecule has 2 heterocycles. The van der Waals surface area contributed by atoms with Crippen LogP contribution in [-0.2, 0) is 0 Å². The van der Waals surface area contributed by atoms with E-state index in [1.165, 1.54) is 11.0 Å². The number of benzene rings is 1. The zero-order chi connectivity index (χ0) is 20.4. The van der Waals surface area contributed by atoms with Gasteiger partial charge in [-0.2, -0.15) is 0 Å². The van der Waals surface area contributed by atoms with Crippen LogP contribution in [-0.4, -0.2) is 42.0 Å². The van der Waals surface area contributed by atoms with Gasteiger partial charge < -0.3 is 9.32 Å². The Morgan fingerprint density at radius 2 is 1.83 bits per heavy atom. The van der Waals surface area contributed by atoms with Crippen molar-refractivity contribution in [2.24, 2.45) is 0 Å². The van der Waals surface area contributed by atoms with Crippen LogP contribution in [0.25, 0.3) is 10.2 Å². The average molecular weight is 444 g/mol. The van der Waals surface area contributed by atoms with Crippen molar-refractivity contribution in [1.82, 2.24) is 9.88 Å². The first-order valence-electron chi connectivity index (χ1n) is 9.20. The molecule has 0 bridgehead atoms. The van der Waals surface area contributed by atoms with Crippen LogP contribution in [0.2, 0.25) is 0 Å². The lowest BCUT2D eigenvalue weighted by Gasteiger charge is -2.24. The summed E-state index contributed by atoms with van der Waals surface area (Å²) in [5.74, 6) is -0.497. The summed E-state index contributed by atoms with van der Waals surface area (Å²) in [7, 11) is 0. The SMILES string of the molecule is CCN(CC)CCN(C(=O)c1cc(C)oc1C)c1nc2c(F)cc(F)cc2s1.Cl. The van der Waals surface area contributed by atoms with Gasteiger partial charge in [0.2, 0.25) is 0 Å². The average Bonchev–Trinajstić information content (AvgIpc) is 3.21. The maximum atomic E-state index is 14.1. The largest absolute Gasteiger partial charge is 0.466 e. The van der Waals surface area contributed by atoms with E-state index in [0.29, 0.717) is 40.0 Å². The van der Waals surface area contributed by atoms with Gasteiger partial charge in [-0.05, 0) is 39.1 Å². The molecule has 3 rings (SSSR count). The number of thiazole rings is 1. The number of fused-ring (bicyclic) bond motifs is 1. The van der Waals surface area contributed by atoms with E-state index in [4.69, 9.17) is 4.42 Å². The molecule has 0 aliphatic rings. The number of likely N-dealkylation sites (N-methyl/N-ethyl adjacent to an activating group) is 1. The molecule has 0 aliphatic carbocycles. The van der Waals surface area contributed by atoms with Gasteiger partial charge in [0.25, 0.3) is 5.91 Å². The summed E-state index contributed by atoms with van der Waals surface area (Å²) in [4.78, 5) is 21.3. The van der Waals surface area contributed by atoms with Gasteiger partial charge in [-0.1, -0.05) is 25.2 Å². The standard InChI is InChI=1S/C20H23F2N3O2S.ClH/c1-5-24(6-2)7-8-25(19(26)15-9-12(3)27-13(15)4)20-23-18-16(22)10-14(21)11-17(18)28-20;/h9-11H,5-8H2,1-4H3;1H. The number of hydrogen-bond donors (Lipinski definition) is 0. The number of furan rings is 1. The minimum Gasteiger partial charge on any atom is -0.466 e. The van der Waals surface area contributed by atoms with Gasteiger partial charge in [0.1, 0.15) is 22.9 Å². The van der Waals surface area contributed by atoms with E-state index >= 15 is 0 Å². The lowest BCUT2D eigenvalue weighted by Crippen LogP contribution is -2.39. The molecule has 158 valence electrons. The summed E-state index contributed by atoms with van der Waals surface area (Å²) < 4.78 is 33.6. The first-order valence-corrected chi connectivity index (χ1v) is 10.0. The molecule has 1 amide bonds. The summed E-state index contributed by atoms with van der Waals surface area (Å²) in [6, 6.07) is 3.73. The monoisotopic (exact) mass is 443 g/mol. The number of anilines is 1. The van der Waals surface area contributed by atoms with Crippen LogP contribution in [0.4, 0.5) is 13.9 Å². The maximum absolute atomic E-state index is 14.1. The van der Waals surface area contributed by atoms with Gasteiger partial charge >= 0.3 is 0 Å². The van der Waals surface area contributed by atoms with Crippen molar-refractivity contribution in [3.8, 4) is 0 Å². The minimum atomic E-state index is -0.732. The number of hydrogen-bond acceptors (Lipinski definition) is 5. The molecule has 0 aliphatic heterocycles. The number of rotatable bonds is 7. The molecule has 2 aromatic heterocycles. The number of amides is 1. The maximum Gasteiger partial charge on any atom is 0.263 e. The van der Waals surface area contributed by atoms with Crippen molar-refractivity contribution in [3.63, 3.8) is 0 Å². The summed E-state index contributed by atoms with van der Waals surface area (Å²) in [6.07, 6.45) is 0. The highest BCUT2D eigenvalue weighted by molar-refractivity contribution is 7.22. The van der Waals surface area contributed by atoms with Crippen molar-refractivity contribution < 1.29 is 18.0 Å². The molecule has 0 fully saturated rings. The van der Waals surface area contributed by atoms with Crippen LogP contribution in [0.3, 0.4) is 0 Å². The van der Waals surface area contributed by atoms with E-state index in [2.05, 4.69) is 23.7 Å². The van der Waals surface area contributed by atoms with Crippen LogP contribution < -0.4 is 4.90 Å². The van der Waals surface area contributed by atoms with Crippen LogP contribution in [0, 0.1) is 25.5 Å². The van der Waals surface area contributed by atoms with Gasteiger partial charge in [-0.15, -0.1) is 12.4 Å². The molecule has 29 heavy (non-hydrogen) atoms. The van der Waals surface area contributed by atoms with E-state index < -0.39 is 11.6 Å². The normalized spacial score (nSPS) is 11.1. The van der Waals surface area contributed by atoms with Crippen molar-refractivity contribution in [2.45, 2.75) is 27.7 Å². The van der Waals surface area contributed by atoms with E-state index in [-0.39, 0.29) is 23.8 Å². The van der Waals surface area contributed by atoms with E-state index in [1.54, 1.807) is 19.9 Å². The highest BCUT2D eigenvalue weighted by atomic mass is 35.5. The number of halogens is 3. The molecule has 0 atom stereocenters. The number of carbonyl (C=O) groups excluding carboxylic acids is 1. The van der Waals surface area contributed by atoms with Gasteiger partial charge in [0.15, 0.2) is 10.9 Å². The second kappa shape index (κ2) is 9.65. The summed E-state index contributed by atoms with van der Waals surface area (Å²) >= 11 is 1.10. The van der Waals surface area contributed by atoms with Crippen LogP contribution in [0.5, 0.6) is 0 Å². The molecule has 5 nitrogen and oxygen atoms in total. The molecule has 0 spiro atoms. The third kappa shape index (κ3) is 4.94. The van der Waals surface area contributed by atoms with Crippen molar-refractivity contribution in [1.29, 1.82) is 0 Å². The van der Waals surface area contributed by atoms with Crippen molar-refractivity contribution in [3.05, 3.63) is 46.9 Å². The van der Waals surface area contributed by atoms with E-state index in [9.17, 15) is 13.6 Å². The summed E-state index contributed by atoms with van der Waals surface area (Å²) in [5.41, 5.74) is 0.519. The first-order chi connectivity index (χ1) is 13.3. The third-order valence-electron chi connectivity index (χ3n) is 4.68. The Morgan fingerprint density at radius 3 is 2.41 bits per heavy atom. The van der Waals surface area contributed by atoms with Gasteiger partial charge in [0, 0.05) is 19.2 Å². The highest BCUT2D eigenvalue weighted by Crippen LogP contribution is 2.32. The number of nitrogens with zero attached hydrogens (tertiary/aromatic N) is 3. The first kappa shape index (κ1) is 23.3. The Kier molecular flexibility index (Phi) is 7.73. The topological polar surface area (TPSA) is 49.6 Å². The fourth-order valence-corrected chi connectivity index (χ4v) is 4.14. The zero-order valence-electron chi connectivity index (χ0n) is 16.8.